The number of methoxy groups -OCH3 is 2. The molecule has 0 amide bonds. The number of benzene rings is 2. The Hall–Kier alpha value is -2.52. The van der Waals surface area contributed by atoms with Gasteiger partial charge >= 0.3 is 5.97 Å². The Morgan fingerprint density at radius 1 is 1.19 bits per heavy atom. The van der Waals surface area contributed by atoms with Crippen molar-refractivity contribution in [2.24, 2.45) is 5.41 Å². The average Bonchev–Trinajstić information content (AvgIpc) is 2.92. The largest absolute Gasteiger partial charge is 0.497 e. The molecule has 1 aliphatic rings. The van der Waals surface area contributed by atoms with E-state index in [4.69, 9.17) is 21.1 Å². The molecule has 1 atom stereocenters. The molecule has 0 radical (unpaired) electrons. The number of aliphatic carboxylic acids is 1. The Labute approximate surface area is 226 Å². The Kier molecular flexibility index (Phi) is 9.18. The summed E-state index contributed by atoms with van der Waals surface area (Å²) in [6.45, 7) is 2.30. The number of pyridine rings is 1. The van der Waals surface area contributed by atoms with Gasteiger partial charge in [0, 0.05) is 34.3 Å². The van der Waals surface area contributed by atoms with Crippen molar-refractivity contribution in [3.63, 3.8) is 0 Å². The second-order valence-corrected chi connectivity index (χ2v) is 10.9. The zero-order chi connectivity index (χ0) is 26.4. The molecule has 2 aromatic carbocycles. The monoisotopic (exact) mass is 544 g/mol. The van der Waals surface area contributed by atoms with Crippen LogP contribution in [0.5, 0.6) is 11.5 Å². The second-order valence-electron chi connectivity index (χ2n) is 9.38. The van der Waals surface area contributed by atoms with Crippen LogP contribution < -0.4 is 9.47 Å². The molecule has 2 N–H and O–H groups in total. The molecule has 7 nitrogen and oxygen atoms in total. The van der Waals surface area contributed by atoms with Crippen molar-refractivity contribution in [1.29, 1.82) is 0 Å². The van der Waals surface area contributed by atoms with Gasteiger partial charge in [-0.3, -0.25) is 9.78 Å². The minimum Gasteiger partial charge on any atom is -0.497 e. The van der Waals surface area contributed by atoms with E-state index in [1.807, 2.05) is 30.3 Å². The first-order chi connectivity index (χ1) is 17.9. The average molecular weight is 545 g/mol. The van der Waals surface area contributed by atoms with Crippen LogP contribution in [0.4, 0.5) is 0 Å². The van der Waals surface area contributed by atoms with Gasteiger partial charge in [0.2, 0.25) is 0 Å². The number of carbonyl (C=O) groups is 1. The molecule has 3 aromatic rings. The van der Waals surface area contributed by atoms with Crippen LogP contribution in [0.15, 0.2) is 53.6 Å². The zero-order valence-electron chi connectivity index (χ0n) is 21.2. The summed E-state index contributed by atoms with van der Waals surface area (Å²) in [6.07, 6.45) is 2.39. The number of piperidine rings is 1. The molecule has 0 bridgehead atoms. The van der Waals surface area contributed by atoms with Crippen LogP contribution in [-0.2, 0) is 4.79 Å². The van der Waals surface area contributed by atoms with E-state index in [1.54, 1.807) is 32.0 Å². The normalized spacial score (nSPS) is 16.4. The summed E-state index contributed by atoms with van der Waals surface area (Å²) in [7, 11) is 3.25. The standard InChI is InChI=1S/C28H33ClN2O5S/c1-35-19-7-8-22-20(17-19)26(21(29)18-30-22)23(32)9-10-28(27(33)34)11-13-31(14-12-28)15-16-37-25-6-4-3-5-24(25)36-2/h3-8,17-18,23,32H,9-16H2,1-2H3,(H,33,34). The smallest absolute Gasteiger partial charge is 0.309 e. The molecule has 1 aliphatic heterocycles. The van der Waals surface area contributed by atoms with Crippen molar-refractivity contribution in [3.05, 3.63) is 59.2 Å². The highest BCUT2D eigenvalue weighted by molar-refractivity contribution is 7.99. The third kappa shape index (κ3) is 6.32. The molecule has 0 saturated carbocycles. The van der Waals surface area contributed by atoms with E-state index in [0.717, 1.165) is 22.9 Å². The summed E-state index contributed by atoms with van der Waals surface area (Å²) in [6, 6.07) is 13.4. The van der Waals surface area contributed by atoms with Crippen LogP contribution >= 0.6 is 23.4 Å². The highest BCUT2D eigenvalue weighted by Gasteiger charge is 2.41. The van der Waals surface area contributed by atoms with Gasteiger partial charge in [-0.25, -0.2) is 0 Å². The van der Waals surface area contributed by atoms with Gasteiger partial charge in [-0.05, 0) is 69.1 Å². The van der Waals surface area contributed by atoms with Gasteiger partial charge in [-0.2, -0.15) is 0 Å². The van der Waals surface area contributed by atoms with Gasteiger partial charge in [0.25, 0.3) is 0 Å². The first-order valence-electron chi connectivity index (χ1n) is 12.4. The fraction of sp³-hybridized carbons (Fsp3) is 0.429. The lowest BCUT2D eigenvalue weighted by atomic mass is 9.74. The number of hydrogen-bond acceptors (Lipinski definition) is 7. The van der Waals surface area contributed by atoms with E-state index in [9.17, 15) is 15.0 Å². The van der Waals surface area contributed by atoms with Gasteiger partial charge in [0.05, 0.1) is 36.3 Å². The van der Waals surface area contributed by atoms with Gasteiger partial charge in [0.15, 0.2) is 0 Å². The quantitative estimate of drug-likeness (QED) is 0.298. The molecule has 4 rings (SSSR count). The van der Waals surface area contributed by atoms with Crippen LogP contribution in [0, 0.1) is 5.41 Å². The lowest BCUT2D eigenvalue weighted by Gasteiger charge is -2.39. The number of hydrogen-bond donors (Lipinski definition) is 2. The number of rotatable bonds is 11. The number of para-hydroxylation sites is 1. The van der Waals surface area contributed by atoms with E-state index < -0.39 is 17.5 Å². The van der Waals surface area contributed by atoms with E-state index in [2.05, 4.69) is 16.0 Å². The molecule has 0 aliphatic carbocycles. The van der Waals surface area contributed by atoms with Gasteiger partial charge in [0.1, 0.15) is 11.5 Å². The van der Waals surface area contributed by atoms with Crippen molar-refractivity contribution < 1.29 is 24.5 Å². The maximum absolute atomic E-state index is 12.4. The predicted octanol–water partition coefficient (Wildman–Crippen LogP) is 5.68. The van der Waals surface area contributed by atoms with Crippen LogP contribution in [-0.4, -0.2) is 65.7 Å². The number of thioether (sulfide) groups is 1. The number of aromatic nitrogens is 1. The number of aliphatic hydroxyl groups is 1. The summed E-state index contributed by atoms with van der Waals surface area (Å²) in [5.74, 6) is 1.62. The van der Waals surface area contributed by atoms with E-state index in [-0.39, 0.29) is 0 Å². The zero-order valence-corrected chi connectivity index (χ0v) is 22.7. The number of carboxylic acid groups (broad SMARTS) is 1. The van der Waals surface area contributed by atoms with Gasteiger partial charge in [-0.1, -0.05) is 23.7 Å². The fourth-order valence-corrected chi connectivity index (χ4v) is 6.30. The number of ether oxygens (including phenoxy) is 2. The number of aliphatic hydroxyl groups excluding tert-OH is 1. The molecule has 1 unspecified atom stereocenters. The molecule has 0 spiro atoms. The summed E-state index contributed by atoms with van der Waals surface area (Å²) in [4.78, 5) is 20.2. The molecule has 1 saturated heterocycles. The molecular formula is C28H33ClN2O5S. The van der Waals surface area contributed by atoms with Crippen molar-refractivity contribution in [1.82, 2.24) is 9.88 Å². The Bertz CT molecular complexity index is 1230. The second kappa shape index (κ2) is 12.3. The van der Waals surface area contributed by atoms with E-state index in [0.29, 0.717) is 66.0 Å². The molecule has 1 aromatic heterocycles. The third-order valence-corrected chi connectivity index (χ3v) is 8.63. The summed E-state index contributed by atoms with van der Waals surface area (Å²) >= 11 is 8.19. The van der Waals surface area contributed by atoms with Crippen molar-refractivity contribution in [2.45, 2.75) is 36.7 Å². The maximum atomic E-state index is 12.4. The topological polar surface area (TPSA) is 92.1 Å². The Morgan fingerprint density at radius 3 is 2.65 bits per heavy atom. The minimum atomic E-state index is -0.906. The Morgan fingerprint density at radius 2 is 1.95 bits per heavy atom. The van der Waals surface area contributed by atoms with Crippen molar-refractivity contribution >= 4 is 40.2 Å². The lowest BCUT2D eigenvalue weighted by Crippen LogP contribution is -2.45. The first-order valence-corrected chi connectivity index (χ1v) is 13.7. The molecule has 198 valence electrons. The maximum Gasteiger partial charge on any atom is 0.309 e. The molecule has 9 heteroatoms. The van der Waals surface area contributed by atoms with Gasteiger partial charge in [-0.15, -0.1) is 11.8 Å². The van der Waals surface area contributed by atoms with E-state index in [1.165, 1.54) is 6.20 Å². The number of halogens is 1. The highest BCUT2D eigenvalue weighted by atomic mass is 35.5. The molecule has 1 fully saturated rings. The highest BCUT2D eigenvalue weighted by Crippen LogP contribution is 2.41. The minimum absolute atomic E-state index is 0.298. The summed E-state index contributed by atoms with van der Waals surface area (Å²) in [5, 5.41) is 22.4. The number of fused-ring (bicyclic) bond motifs is 1. The lowest BCUT2D eigenvalue weighted by molar-refractivity contribution is -0.153. The molecule has 37 heavy (non-hydrogen) atoms. The van der Waals surface area contributed by atoms with Crippen molar-refractivity contribution in [2.75, 3.05) is 39.6 Å². The summed E-state index contributed by atoms with van der Waals surface area (Å²) < 4.78 is 10.8. The fourth-order valence-electron chi connectivity index (χ4n) is 4.99. The van der Waals surface area contributed by atoms with Crippen LogP contribution in [0.2, 0.25) is 5.02 Å². The Balaban J connectivity index is 1.37. The number of carboxylic acids is 1. The number of likely N-dealkylation sites (tertiary alicyclic amines) is 1. The first kappa shape index (κ1) is 27.5. The number of nitrogens with zero attached hydrogens (tertiary/aromatic N) is 2. The van der Waals surface area contributed by atoms with Crippen LogP contribution in [0.1, 0.15) is 37.4 Å². The van der Waals surface area contributed by atoms with Crippen LogP contribution in [0.25, 0.3) is 10.9 Å². The predicted molar refractivity (Wildman–Crippen MR) is 147 cm³/mol. The SMILES string of the molecule is COc1ccc2ncc(Cl)c(C(O)CCC3(C(=O)O)CCN(CCSc4ccccc4OC)CC3)c2c1. The summed E-state index contributed by atoms with van der Waals surface area (Å²) in [5.41, 5.74) is 0.406. The molecular weight excluding hydrogens is 512 g/mol. The van der Waals surface area contributed by atoms with Crippen molar-refractivity contribution in [3.8, 4) is 11.5 Å². The van der Waals surface area contributed by atoms with Crippen LogP contribution in [0.3, 0.4) is 0 Å². The van der Waals surface area contributed by atoms with E-state index >= 15 is 0 Å². The molecule has 2 heterocycles. The van der Waals surface area contributed by atoms with Gasteiger partial charge < -0.3 is 24.6 Å². The third-order valence-electron chi connectivity index (χ3n) is 7.30.